The quantitative estimate of drug-likeness (QED) is 0.575. The van der Waals surface area contributed by atoms with Gasteiger partial charge in [0.15, 0.2) is 0 Å². The first kappa shape index (κ1) is 14.9. The topological polar surface area (TPSA) is 73.0 Å². The lowest BCUT2D eigenvalue weighted by molar-refractivity contribution is -0.384. The van der Waals surface area contributed by atoms with Gasteiger partial charge in [-0.3, -0.25) is 10.1 Å². The molecule has 3 heterocycles. The maximum Gasteiger partial charge on any atom is 0.271 e. The Morgan fingerprint density at radius 2 is 2.12 bits per heavy atom. The van der Waals surface area contributed by atoms with Crippen LogP contribution in [-0.4, -0.2) is 21.2 Å². The molecule has 3 aromatic rings. The number of nitro benzene ring substituents is 1. The van der Waals surface area contributed by atoms with Crippen molar-refractivity contribution in [1.82, 2.24) is 9.78 Å². The maximum atomic E-state index is 11.1. The van der Waals surface area contributed by atoms with Crippen molar-refractivity contribution in [3.8, 4) is 16.3 Å². The van der Waals surface area contributed by atoms with Crippen molar-refractivity contribution in [2.75, 3.05) is 11.9 Å². The Balaban J connectivity index is 1.91. The minimum Gasteiger partial charge on any atom is -0.369 e. The number of benzene rings is 1. The van der Waals surface area contributed by atoms with Crippen molar-refractivity contribution >= 4 is 22.8 Å². The third kappa shape index (κ3) is 2.28. The molecule has 4 rings (SSSR count). The van der Waals surface area contributed by atoms with Crippen molar-refractivity contribution in [3.05, 3.63) is 56.5 Å². The zero-order valence-corrected chi connectivity index (χ0v) is 14.2. The zero-order chi connectivity index (χ0) is 16.8. The van der Waals surface area contributed by atoms with E-state index in [-0.39, 0.29) is 10.6 Å². The Bertz CT molecular complexity index is 958. The molecule has 2 aromatic heterocycles. The second-order valence-corrected chi connectivity index (χ2v) is 7.19. The van der Waals surface area contributed by atoms with E-state index in [0.717, 1.165) is 40.6 Å². The zero-order valence-electron chi connectivity index (χ0n) is 13.4. The average molecular weight is 340 g/mol. The van der Waals surface area contributed by atoms with Crippen molar-refractivity contribution < 1.29 is 4.92 Å². The van der Waals surface area contributed by atoms with E-state index in [2.05, 4.69) is 24.4 Å². The molecule has 1 aliphatic heterocycles. The Kier molecular flexibility index (Phi) is 3.38. The predicted molar refractivity (Wildman–Crippen MR) is 95.2 cm³/mol. The number of aryl methyl sites for hydroxylation is 2. The summed E-state index contributed by atoms with van der Waals surface area (Å²) in [6.07, 6.45) is 0.912. The summed E-state index contributed by atoms with van der Waals surface area (Å²) in [6.45, 7) is 4.88. The minimum absolute atomic E-state index is 0.0753. The van der Waals surface area contributed by atoms with Gasteiger partial charge in [-0.1, -0.05) is 6.07 Å². The summed E-state index contributed by atoms with van der Waals surface area (Å²) in [6, 6.07) is 9.06. The molecule has 0 radical (unpaired) electrons. The largest absolute Gasteiger partial charge is 0.369 e. The highest BCUT2D eigenvalue weighted by atomic mass is 32.1. The SMILES string of the molecule is Cc1ccc(-c2nn(-c3cc([N+](=O)[O-])ccc3C)c3c2CCN3)s1. The first-order valence-electron chi connectivity index (χ1n) is 7.72. The van der Waals surface area contributed by atoms with Gasteiger partial charge in [0, 0.05) is 29.1 Å². The van der Waals surface area contributed by atoms with Crippen LogP contribution in [0.5, 0.6) is 0 Å². The highest BCUT2D eigenvalue weighted by molar-refractivity contribution is 7.15. The van der Waals surface area contributed by atoms with Gasteiger partial charge >= 0.3 is 0 Å². The molecule has 0 fully saturated rings. The normalized spacial score (nSPS) is 12.9. The van der Waals surface area contributed by atoms with E-state index in [4.69, 9.17) is 5.10 Å². The third-order valence-electron chi connectivity index (χ3n) is 4.26. The molecule has 1 aromatic carbocycles. The molecule has 7 heteroatoms. The number of aromatic nitrogens is 2. The summed E-state index contributed by atoms with van der Waals surface area (Å²) in [5.41, 5.74) is 3.93. The first-order valence-corrected chi connectivity index (χ1v) is 8.54. The Morgan fingerprint density at radius 1 is 1.29 bits per heavy atom. The molecule has 0 amide bonds. The number of nitrogens with zero attached hydrogens (tertiary/aromatic N) is 3. The van der Waals surface area contributed by atoms with Crippen molar-refractivity contribution in [2.45, 2.75) is 20.3 Å². The van der Waals surface area contributed by atoms with Crippen molar-refractivity contribution in [3.63, 3.8) is 0 Å². The fourth-order valence-corrected chi connectivity index (χ4v) is 3.93. The number of rotatable bonds is 3. The Labute approximate surface area is 142 Å². The number of nitrogens with one attached hydrogen (secondary N) is 1. The molecule has 6 nitrogen and oxygen atoms in total. The number of nitro groups is 1. The van der Waals surface area contributed by atoms with Gasteiger partial charge in [0.2, 0.25) is 0 Å². The summed E-state index contributed by atoms with van der Waals surface area (Å²) in [5, 5.41) is 19.3. The van der Waals surface area contributed by atoms with Crippen LogP contribution in [0.2, 0.25) is 0 Å². The third-order valence-corrected chi connectivity index (χ3v) is 5.26. The average Bonchev–Trinajstić information content (AvgIpc) is 3.24. The fourth-order valence-electron chi connectivity index (χ4n) is 3.05. The monoisotopic (exact) mass is 340 g/mol. The van der Waals surface area contributed by atoms with E-state index in [9.17, 15) is 10.1 Å². The molecule has 0 spiro atoms. The summed E-state index contributed by atoms with van der Waals surface area (Å²) in [5.74, 6) is 0.944. The fraction of sp³-hybridized carbons (Fsp3) is 0.235. The molecular weight excluding hydrogens is 324 g/mol. The second kappa shape index (κ2) is 5.45. The molecule has 0 aliphatic carbocycles. The molecule has 0 bridgehead atoms. The van der Waals surface area contributed by atoms with Crippen LogP contribution in [0, 0.1) is 24.0 Å². The number of fused-ring (bicyclic) bond motifs is 1. The Hall–Kier alpha value is -2.67. The summed E-state index contributed by atoms with van der Waals surface area (Å²) in [4.78, 5) is 13.1. The van der Waals surface area contributed by atoms with Gasteiger partial charge in [-0.15, -0.1) is 11.3 Å². The number of anilines is 1. The first-order chi connectivity index (χ1) is 11.5. The lowest BCUT2D eigenvalue weighted by Crippen LogP contribution is -2.06. The van der Waals surface area contributed by atoms with Crippen LogP contribution < -0.4 is 5.32 Å². The van der Waals surface area contributed by atoms with Gasteiger partial charge < -0.3 is 5.32 Å². The smallest absolute Gasteiger partial charge is 0.271 e. The van der Waals surface area contributed by atoms with E-state index in [1.807, 2.05) is 11.6 Å². The van der Waals surface area contributed by atoms with Crippen molar-refractivity contribution in [1.29, 1.82) is 0 Å². The van der Waals surface area contributed by atoms with E-state index < -0.39 is 0 Å². The summed E-state index contributed by atoms with van der Waals surface area (Å²) < 4.78 is 1.81. The molecule has 1 aliphatic rings. The van der Waals surface area contributed by atoms with E-state index >= 15 is 0 Å². The molecule has 0 atom stereocenters. The molecule has 1 N–H and O–H groups in total. The van der Waals surface area contributed by atoms with Crippen molar-refractivity contribution in [2.24, 2.45) is 0 Å². The van der Waals surface area contributed by atoms with E-state index in [1.54, 1.807) is 23.5 Å². The van der Waals surface area contributed by atoms with Crippen LogP contribution in [0.25, 0.3) is 16.3 Å². The number of thiophene rings is 1. The van der Waals surface area contributed by atoms with Crippen LogP contribution in [0.3, 0.4) is 0 Å². The number of non-ortho nitro benzene ring substituents is 1. The summed E-state index contributed by atoms with van der Waals surface area (Å²) >= 11 is 1.72. The van der Waals surface area contributed by atoms with Gasteiger partial charge in [0.05, 0.1) is 15.5 Å². The van der Waals surface area contributed by atoms with Crippen LogP contribution in [0.4, 0.5) is 11.5 Å². The van der Waals surface area contributed by atoms with Gasteiger partial charge in [0.1, 0.15) is 11.5 Å². The standard InChI is InChI=1S/C17H16N4O2S/c1-10-3-5-12(21(22)23)9-14(10)20-17-13(7-8-18-17)16(19-20)15-6-4-11(2)24-15/h3-6,9,18H,7-8H2,1-2H3. The molecular formula is C17H16N4O2S. The van der Waals surface area contributed by atoms with Gasteiger partial charge in [-0.25, -0.2) is 4.68 Å². The van der Waals surface area contributed by atoms with Crippen LogP contribution in [-0.2, 0) is 6.42 Å². The maximum absolute atomic E-state index is 11.1. The molecule has 0 unspecified atom stereocenters. The highest BCUT2D eigenvalue weighted by Gasteiger charge is 2.25. The molecule has 0 saturated heterocycles. The predicted octanol–water partition coefficient (Wildman–Crippen LogP) is 4.09. The van der Waals surface area contributed by atoms with Gasteiger partial charge in [-0.2, -0.15) is 5.10 Å². The lowest BCUT2D eigenvalue weighted by Gasteiger charge is -2.09. The molecule has 0 saturated carbocycles. The van der Waals surface area contributed by atoms with E-state index in [0.29, 0.717) is 0 Å². The number of hydrogen-bond acceptors (Lipinski definition) is 5. The lowest BCUT2D eigenvalue weighted by atomic mass is 10.1. The van der Waals surface area contributed by atoms with Gasteiger partial charge in [-0.05, 0) is 38.0 Å². The van der Waals surface area contributed by atoms with Crippen LogP contribution in [0.1, 0.15) is 16.0 Å². The highest BCUT2D eigenvalue weighted by Crippen LogP contribution is 2.38. The molecule has 122 valence electrons. The summed E-state index contributed by atoms with van der Waals surface area (Å²) in [7, 11) is 0. The van der Waals surface area contributed by atoms with Crippen LogP contribution >= 0.6 is 11.3 Å². The second-order valence-electron chi connectivity index (χ2n) is 5.90. The molecule has 24 heavy (non-hydrogen) atoms. The number of hydrogen-bond donors (Lipinski definition) is 1. The minimum atomic E-state index is -0.371. The van der Waals surface area contributed by atoms with E-state index in [1.165, 1.54) is 16.5 Å². The van der Waals surface area contributed by atoms with Crippen LogP contribution in [0.15, 0.2) is 30.3 Å². The van der Waals surface area contributed by atoms with Gasteiger partial charge in [0.25, 0.3) is 5.69 Å². The Morgan fingerprint density at radius 3 is 2.83 bits per heavy atom.